The summed E-state index contributed by atoms with van der Waals surface area (Å²) < 4.78 is 40.8. The molecule has 1 aliphatic carbocycles. The van der Waals surface area contributed by atoms with E-state index in [-0.39, 0.29) is 41.3 Å². The number of amides is 1. The van der Waals surface area contributed by atoms with Gasteiger partial charge in [-0.2, -0.15) is 4.39 Å². The second-order valence-electron chi connectivity index (χ2n) is 13.5. The summed E-state index contributed by atoms with van der Waals surface area (Å²) in [6, 6.07) is 5.53. The molecule has 0 N–H and O–H groups in total. The minimum absolute atomic E-state index is 0.0792. The number of halogens is 3. The molecule has 0 unspecified atom stereocenters. The van der Waals surface area contributed by atoms with Crippen LogP contribution in [0.5, 0.6) is 0 Å². The smallest absolute Gasteiger partial charge is 0.418 e. The SMILES string of the molecule is CC(C)(C)OC(=O)N(COCC[Si](C)(C)C)C1=N[C@](C)(c2cc(CC(=O)c3ccc(Cl)cn3)cnc2F)[C@@H]2C[C@]2(CF)S1. The fourth-order valence-corrected chi connectivity index (χ4v) is 7.31. The predicted octanol–water partition coefficient (Wildman–Crippen LogP) is 7.29. The first-order valence-electron chi connectivity index (χ1n) is 14.2. The van der Waals surface area contributed by atoms with Gasteiger partial charge in [0.2, 0.25) is 5.95 Å². The van der Waals surface area contributed by atoms with E-state index in [9.17, 15) is 14.0 Å². The van der Waals surface area contributed by atoms with Crippen LogP contribution < -0.4 is 0 Å². The Balaban J connectivity index is 1.69. The Labute approximate surface area is 262 Å². The maximum Gasteiger partial charge on any atom is 0.418 e. The second kappa shape index (κ2) is 12.5. The Bertz CT molecular complexity index is 1400. The molecule has 2 aliphatic rings. The van der Waals surface area contributed by atoms with Crippen molar-refractivity contribution in [3.05, 3.63) is 58.4 Å². The predicted molar refractivity (Wildman–Crippen MR) is 168 cm³/mol. The van der Waals surface area contributed by atoms with Crippen LogP contribution in [0.3, 0.4) is 0 Å². The molecule has 4 rings (SSSR count). The topological polar surface area (TPSA) is 94.0 Å². The average Bonchev–Trinajstić information content (AvgIpc) is 3.65. The van der Waals surface area contributed by atoms with Crippen molar-refractivity contribution in [1.29, 1.82) is 0 Å². The molecule has 234 valence electrons. The van der Waals surface area contributed by atoms with Crippen LogP contribution in [0.2, 0.25) is 30.7 Å². The number of hydrogen-bond acceptors (Lipinski definition) is 8. The van der Waals surface area contributed by atoms with E-state index in [0.717, 1.165) is 17.8 Å². The van der Waals surface area contributed by atoms with Crippen molar-refractivity contribution in [1.82, 2.24) is 14.9 Å². The largest absolute Gasteiger partial charge is 0.443 e. The monoisotopic (exact) mass is 652 g/mol. The third-order valence-electron chi connectivity index (χ3n) is 7.43. The van der Waals surface area contributed by atoms with E-state index >= 15 is 4.39 Å². The summed E-state index contributed by atoms with van der Waals surface area (Å²) >= 11 is 7.05. The lowest BCUT2D eigenvalue weighted by Crippen LogP contribution is -2.46. The van der Waals surface area contributed by atoms with Gasteiger partial charge in [-0.3, -0.25) is 14.8 Å². The van der Waals surface area contributed by atoms with Crippen molar-refractivity contribution in [2.45, 2.75) is 82.1 Å². The van der Waals surface area contributed by atoms with Crippen molar-refractivity contribution in [3.8, 4) is 0 Å². The van der Waals surface area contributed by atoms with Gasteiger partial charge in [-0.15, -0.1) is 0 Å². The number of carbonyl (C=O) groups is 2. The zero-order valence-corrected chi connectivity index (χ0v) is 28.2. The molecule has 8 nitrogen and oxygen atoms in total. The number of alkyl halides is 1. The Kier molecular flexibility index (Phi) is 9.76. The molecule has 0 saturated heterocycles. The summed E-state index contributed by atoms with van der Waals surface area (Å²) in [6.45, 7) is 13.3. The van der Waals surface area contributed by atoms with Gasteiger partial charge in [0.25, 0.3) is 0 Å². The van der Waals surface area contributed by atoms with E-state index < -0.39 is 42.7 Å². The highest BCUT2D eigenvalue weighted by molar-refractivity contribution is 8.15. The van der Waals surface area contributed by atoms with Crippen LogP contribution in [0, 0.1) is 11.9 Å². The fraction of sp³-hybridized carbons (Fsp3) is 0.567. The van der Waals surface area contributed by atoms with Crippen molar-refractivity contribution >= 4 is 48.5 Å². The number of fused-ring (bicyclic) bond motifs is 1. The lowest BCUT2D eigenvalue weighted by Gasteiger charge is -2.37. The fourth-order valence-electron chi connectivity index (χ4n) is 4.93. The number of hydrogen-bond donors (Lipinski definition) is 0. The summed E-state index contributed by atoms with van der Waals surface area (Å²) in [4.78, 5) is 40.5. The molecule has 1 saturated carbocycles. The first kappa shape index (κ1) is 33.5. The van der Waals surface area contributed by atoms with Crippen LogP contribution in [0.15, 0.2) is 35.6 Å². The van der Waals surface area contributed by atoms with E-state index in [0.29, 0.717) is 23.6 Å². The molecular formula is C30H39ClF2N4O4SSi. The van der Waals surface area contributed by atoms with Crippen molar-refractivity contribution in [3.63, 3.8) is 0 Å². The maximum atomic E-state index is 15.5. The van der Waals surface area contributed by atoms with Crippen LogP contribution >= 0.6 is 23.4 Å². The normalized spacial score (nSPS) is 23.3. The number of Topliss-reactive ketones (excluding diaryl/α,β-unsaturated/α-hetero) is 1. The molecule has 43 heavy (non-hydrogen) atoms. The van der Waals surface area contributed by atoms with Crippen molar-refractivity contribution in [2.75, 3.05) is 20.0 Å². The molecule has 2 aromatic heterocycles. The summed E-state index contributed by atoms with van der Waals surface area (Å²) in [6.07, 6.45) is 2.34. The number of ketones is 1. The Morgan fingerprint density at radius 2 is 1.93 bits per heavy atom. The van der Waals surface area contributed by atoms with Gasteiger partial charge in [0, 0.05) is 45.0 Å². The Morgan fingerprint density at radius 1 is 1.21 bits per heavy atom. The van der Waals surface area contributed by atoms with E-state index in [4.69, 9.17) is 26.1 Å². The molecule has 0 spiro atoms. The molecule has 0 aromatic carbocycles. The number of nitrogens with zero attached hydrogens (tertiary/aromatic N) is 4. The van der Waals surface area contributed by atoms with E-state index in [2.05, 4.69) is 29.6 Å². The summed E-state index contributed by atoms with van der Waals surface area (Å²) in [5, 5.41) is 0.601. The number of ether oxygens (including phenoxy) is 2. The molecule has 1 aliphatic heterocycles. The highest BCUT2D eigenvalue weighted by atomic mass is 35.5. The van der Waals surface area contributed by atoms with Gasteiger partial charge in [-0.05, 0) is 63.9 Å². The molecule has 3 heterocycles. The zero-order chi connectivity index (χ0) is 31.8. The standard InChI is InChI=1S/C30H39ClF2N4O4SSi/c1-28(2,3)41-27(39)37(18-40-10-11-43(5,6)7)26-36-29(4,24-14-30(24,17-32)42-26)21-12-19(15-35-25(21)33)13-23(38)22-9-8-20(31)16-34-22/h8-9,12,15-16,24H,10-11,13-14,17-18H2,1-7H3/t24-,29+,30+/m0/s1. The molecule has 0 bridgehead atoms. The van der Waals surface area contributed by atoms with Crippen molar-refractivity contribution < 1.29 is 27.8 Å². The van der Waals surface area contributed by atoms with Crippen LogP contribution in [0.4, 0.5) is 13.6 Å². The zero-order valence-electron chi connectivity index (χ0n) is 25.7. The van der Waals surface area contributed by atoms with E-state index in [1.54, 1.807) is 39.8 Å². The van der Waals surface area contributed by atoms with Crippen LogP contribution in [0.25, 0.3) is 0 Å². The first-order valence-corrected chi connectivity index (χ1v) is 19.1. The molecule has 2 aromatic rings. The lowest BCUT2D eigenvalue weighted by atomic mass is 9.86. The third-order valence-corrected chi connectivity index (χ3v) is 10.8. The van der Waals surface area contributed by atoms with Gasteiger partial charge in [0.15, 0.2) is 11.0 Å². The number of pyridine rings is 2. The van der Waals surface area contributed by atoms with Crippen LogP contribution in [0.1, 0.15) is 55.7 Å². The minimum Gasteiger partial charge on any atom is -0.443 e. The molecule has 0 radical (unpaired) electrons. The molecular weight excluding hydrogens is 614 g/mol. The quantitative estimate of drug-likeness (QED) is 0.0875. The van der Waals surface area contributed by atoms with Gasteiger partial charge in [-0.1, -0.05) is 43.0 Å². The lowest BCUT2D eigenvalue weighted by molar-refractivity contribution is 0.0110. The molecule has 3 atom stereocenters. The number of carbonyl (C=O) groups excluding carboxylic acids is 2. The minimum atomic E-state index is -1.40. The van der Waals surface area contributed by atoms with Gasteiger partial charge in [-0.25, -0.2) is 19.1 Å². The number of amidine groups is 1. The van der Waals surface area contributed by atoms with Crippen LogP contribution in [-0.2, 0) is 21.4 Å². The van der Waals surface area contributed by atoms with E-state index in [1.165, 1.54) is 23.4 Å². The van der Waals surface area contributed by atoms with Crippen LogP contribution in [-0.4, -0.2) is 70.3 Å². The second-order valence-corrected chi connectivity index (χ2v) is 20.9. The Hall–Kier alpha value is -2.41. The molecule has 1 fully saturated rings. The maximum absolute atomic E-state index is 15.5. The average molecular weight is 653 g/mol. The summed E-state index contributed by atoms with van der Waals surface area (Å²) in [7, 11) is -1.40. The summed E-state index contributed by atoms with van der Waals surface area (Å²) in [5.74, 6) is -1.42. The van der Waals surface area contributed by atoms with Gasteiger partial charge < -0.3 is 9.47 Å². The van der Waals surface area contributed by atoms with E-state index in [1.807, 2.05) is 0 Å². The third kappa shape index (κ3) is 8.00. The first-order chi connectivity index (χ1) is 20.0. The summed E-state index contributed by atoms with van der Waals surface area (Å²) in [5.41, 5.74) is -1.26. The number of aromatic nitrogens is 2. The molecule has 13 heteroatoms. The van der Waals surface area contributed by atoms with Gasteiger partial charge in [0.1, 0.15) is 24.7 Å². The Morgan fingerprint density at radius 3 is 2.53 bits per heavy atom. The van der Waals surface area contributed by atoms with Gasteiger partial charge >= 0.3 is 6.09 Å². The van der Waals surface area contributed by atoms with Gasteiger partial charge in [0.05, 0.1) is 15.3 Å². The number of thioether (sulfide) groups is 1. The highest BCUT2D eigenvalue weighted by Crippen LogP contribution is 2.66. The molecule has 1 amide bonds. The van der Waals surface area contributed by atoms with Crippen molar-refractivity contribution in [2.24, 2.45) is 10.9 Å². The highest BCUT2D eigenvalue weighted by Gasteiger charge is 2.67. The number of rotatable bonds is 10. The number of aliphatic imine (C=N–C) groups is 1.